The number of nitrogens with two attached hydrogens (primary N) is 1. The van der Waals surface area contributed by atoms with Gasteiger partial charge in [0.25, 0.3) is 0 Å². The number of rotatable bonds is 5. The maximum Gasteiger partial charge on any atom is 0.240 e. The third-order valence-corrected chi connectivity index (χ3v) is 3.50. The third kappa shape index (κ3) is 4.70. The van der Waals surface area contributed by atoms with Gasteiger partial charge in [-0.2, -0.15) is 0 Å². The maximum absolute atomic E-state index is 11.9. The first-order chi connectivity index (χ1) is 8.30. The van der Waals surface area contributed by atoms with Crippen LogP contribution in [0.15, 0.2) is 29.2 Å². The number of hydrogen-bond donors (Lipinski definition) is 2. The summed E-state index contributed by atoms with van der Waals surface area (Å²) < 4.78 is -0.644. The minimum atomic E-state index is -0.644. The average Bonchev–Trinajstić information content (AvgIpc) is 2.26. The highest BCUT2D eigenvalue weighted by Crippen LogP contribution is 2.28. The molecule has 18 heavy (non-hydrogen) atoms. The number of carbonyl (C=O) groups is 2. The van der Waals surface area contributed by atoms with E-state index in [1.807, 2.05) is 18.2 Å². The molecule has 4 nitrogen and oxygen atoms in total. The van der Waals surface area contributed by atoms with Gasteiger partial charge in [0.1, 0.15) is 0 Å². The van der Waals surface area contributed by atoms with Gasteiger partial charge >= 0.3 is 0 Å². The molecule has 1 rings (SSSR count). The topological polar surface area (TPSA) is 72.2 Å². The molecule has 0 bridgehead atoms. The van der Waals surface area contributed by atoms with Gasteiger partial charge < -0.3 is 11.1 Å². The number of nitrogens with one attached hydrogen (secondary N) is 1. The van der Waals surface area contributed by atoms with Crippen molar-refractivity contribution < 1.29 is 9.59 Å². The van der Waals surface area contributed by atoms with E-state index < -0.39 is 4.32 Å². The number of thioether (sulfide) groups is 1. The smallest absolute Gasteiger partial charge is 0.240 e. The van der Waals surface area contributed by atoms with Crippen molar-refractivity contribution in [1.29, 1.82) is 0 Å². The van der Waals surface area contributed by atoms with Gasteiger partial charge in [-0.15, -0.1) is 11.8 Å². The second-order valence-electron chi connectivity index (χ2n) is 4.18. The molecule has 6 heteroatoms. The standard InChI is InChI=1S/C12H15BrN2O2S/c1-12(2,13)11(17)15-8-5-3-4-6-9(8)18-7-10(14)16/h3-6H,7H2,1-2H3,(H2,14,16)(H,15,17). The number of halogens is 1. The van der Waals surface area contributed by atoms with Crippen molar-refractivity contribution in [3.8, 4) is 0 Å². The number of primary amides is 1. The molecule has 0 heterocycles. The molecule has 0 saturated heterocycles. The van der Waals surface area contributed by atoms with Crippen LogP contribution in [-0.4, -0.2) is 21.9 Å². The fraction of sp³-hybridized carbons (Fsp3) is 0.333. The molecule has 0 aliphatic carbocycles. The normalized spacial score (nSPS) is 11.1. The van der Waals surface area contributed by atoms with E-state index in [1.165, 1.54) is 11.8 Å². The summed E-state index contributed by atoms with van der Waals surface area (Å²) in [5, 5.41) is 2.82. The zero-order valence-electron chi connectivity index (χ0n) is 10.2. The molecule has 3 N–H and O–H groups in total. The summed E-state index contributed by atoms with van der Waals surface area (Å²) in [6.45, 7) is 3.53. The van der Waals surface area contributed by atoms with Crippen LogP contribution in [0.25, 0.3) is 0 Å². The molecule has 1 aromatic rings. The van der Waals surface area contributed by atoms with E-state index in [0.29, 0.717) is 5.69 Å². The monoisotopic (exact) mass is 330 g/mol. The van der Waals surface area contributed by atoms with Gasteiger partial charge in [0.15, 0.2) is 0 Å². The Bertz CT molecular complexity index is 458. The first-order valence-corrected chi connectivity index (χ1v) is 7.09. The Balaban J connectivity index is 2.82. The molecular formula is C12H15BrN2O2S. The van der Waals surface area contributed by atoms with Crippen molar-refractivity contribution in [2.24, 2.45) is 5.73 Å². The van der Waals surface area contributed by atoms with Crippen molar-refractivity contribution in [2.45, 2.75) is 23.1 Å². The second kappa shape index (κ2) is 6.24. The third-order valence-electron chi connectivity index (χ3n) is 2.05. The van der Waals surface area contributed by atoms with Gasteiger partial charge in [-0.05, 0) is 26.0 Å². The molecule has 98 valence electrons. The maximum atomic E-state index is 11.9. The molecular weight excluding hydrogens is 316 g/mol. The largest absolute Gasteiger partial charge is 0.369 e. The molecule has 0 fully saturated rings. The van der Waals surface area contributed by atoms with E-state index in [-0.39, 0.29) is 17.6 Å². The predicted octanol–water partition coefficient (Wildman–Crippen LogP) is 2.38. The van der Waals surface area contributed by atoms with Gasteiger partial charge in [-0.3, -0.25) is 9.59 Å². The number of alkyl halides is 1. The first-order valence-electron chi connectivity index (χ1n) is 5.31. The van der Waals surface area contributed by atoms with E-state index in [1.54, 1.807) is 19.9 Å². The van der Waals surface area contributed by atoms with Crippen molar-refractivity contribution >= 4 is 45.2 Å². The van der Waals surface area contributed by atoms with Crippen LogP contribution in [-0.2, 0) is 9.59 Å². The van der Waals surface area contributed by atoms with E-state index in [2.05, 4.69) is 21.2 Å². The predicted molar refractivity (Wildman–Crippen MR) is 78.0 cm³/mol. The fourth-order valence-corrected chi connectivity index (χ4v) is 1.96. The molecule has 0 aliphatic rings. The fourth-order valence-electron chi connectivity index (χ4n) is 1.12. The second-order valence-corrected chi connectivity index (χ2v) is 7.18. The van der Waals surface area contributed by atoms with Crippen LogP contribution in [0.3, 0.4) is 0 Å². The Kier molecular flexibility index (Phi) is 5.22. The zero-order chi connectivity index (χ0) is 13.8. The lowest BCUT2D eigenvalue weighted by molar-refractivity contribution is -0.117. The minimum absolute atomic E-state index is 0.144. The SMILES string of the molecule is CC(C)(Br)C(=O)Nc1ccccc1SCC(N)=O. The number of anilines is 1. The highest BCUT2D eigenvalue weighted by Gasteiger charge is 2.24. The van der Waals surface area contributed by atoms with Gasteiger partial charge in [-0.1, -0.05) is 28.1 Å². The summed E-state index contributed by atoms with van der Waals surface area (Å²) in [7, 11) is 0. The lowest BCUT2D eigenvalue weighted by atomic mass is 10.2. The molecule has 0 radical (unpaired) electrons. The molecule has 0 unspecified atom stereocenters. The van der Waals surface area contributed by atoms with Crippen molar-refractivity contribution in [3.05, 3.63) is 24.3 Å². The number of para-hydroxylation sites is 1. The van der Waals surface area contributed by atoms with Gasteiger partial charge in [0.05, 0.1) is 15.8 Å². The number of amides is 2. The van der Waals surface area contributed by atoms with Crippen LogP contribution in [0.2, 0.25) is 0 Å². The van der Waals surface area contributed by atoms with Crippen LogP contribution in [0.1, 0.15) is 13.8 Å². The molecule has 2 amide bonds. The lowest BCUT2D eigenvalue weighted by Crippen LogP contribution is -2.31. The van der Waals surface area contributed by atoms with Crippen LogP contribution < -0.4 is 11.1 Å². The van der Waals surface area contributed by atoms with Crippen molar-refractivity contribution in [1.82, 2.24) is 0 Å². The van der Waals surface area contributed by atoms with Gasteiger partial charge in [0.2, 0.25) is 11.8 Å². The summed E-state index contributed by atoms with van der Waals surface area (Å²) in [6, 6.07) is 7.30. The quantitative estimate of drug-likeness (QED) is 0.643. The Hall–Kier alpha value is -1.01. The van der Waals surface area contributed by atoms with E-state index in [4.69, 9.17) is 5.73 Å². The number of hydrogen-bond acceptors (Lipinski definition) is 3. The Morgan fingerprint density at radius 2 is 2.00 bits per heavy atom. The molecule has 1 aromatic carbocycles. The van der Waals surface area contributed by atoms with Crippen LogP contribution in [0, 0.1) is 0 Å². The van der Waals surface area contributed by atoms with E-state index in [0.717, 1.165) is 4.90 Å². The number of carbonyl (C=O) groups excluding carboxylic acids is 2. The van der Waals surface area contributed by atoms with Crippen molar-refractivity contribution in [3.63, 3.8) is 0 Å². The highest BCUT2D eigenvalue weighted by atomic mass is 79.9. The molecule has 0 atom stereocenters. The van der Waals surface area contributed by atoms with Crippen LogP contribution in [0.4, 0.5) is 5.69 Å². The van der Waals surface area contributed by atoms with Crippen LogP contribution in [0.5, 0.6) is 0 Å². The average molecular weight is 331 g/mol. The molecule has 0 aliphatic heterocycles. The Morgan fingerprint density at radius 3 is 2.56 bits per heavy atom. The van der Waals surface area contributed by atoms with E-state index in [9.17, 15) is 9.59 Å². The summed E-state index contributed by atoms with van der Waals surface area (Å²) >= 11 is 4.60. The Morgan fingerprint density at radius 1 is 1.39 bits per heavy atom. The van der Waals surface area contributed by atoms with Gasteiger partial charge in [0, 0.05) is 4.90 Å². The Labute approximate surface area is 119 Å². The summed E-state index contributed by atoms with van der Waals surface area (Å²) in [5.74, 6) is -0.346. The van der Waals surface area contributed by atoms with Gasteiger partial charge in [-0.25, -0.2) is 0 Å². The first kappa shape index (κ1) is 15.0. The lowest BCUT2D eigenvalue weighted by Gasteiger charge is -2.17. The molecule has 0 saturated carbocycles. The van der Waals surface area contributed by atoms with E-state index >= 15 is 0 Å². The highest BCUT2D eigenvalue weighted by molar-refractivity contribution is 9.10. The molecule has 0 spiro atoms. The summed E-state index contributed by atoms with van der Waals surface area (Å²) in [5.41, 5.74) is 5.79. The van der Waals surface area contributed by atoms with Crippen molar-refractivity contribution in [2.75, 3.05) is 11.1 Å². The summed E-state index contributed by atoms with van der Waals surface area (Å²) in [4.78, 5) is 23.5. The number of benzene rings is 1. The zero-order valence-corrected chi connectivity index (χ0v) is 12.6. The minimum Gasteiger partial charge on any atom is -0.369 e. The van der Waals surface area contributed by atoms with Crippen LogP contribution >= 0.6 is 27.7 Å². The summed E-state index contributed by atoms with van der Waals surface area (Å²) in [6.07, 6.45) is 0. The molecule has 0 aromatic heterocycles.